The minimum atomic E-state index is -0.169. The number of aromatic nitrogens is 1. The van der Waals surface area contributed by atoms with Gasteiger partial charge in [0, 0.05) is 16.7 Å². The normalized spacial score (nSPS) is 16.4. The molecular formula is C15H14BrN3O. The number of hydrogen-bond donors (Lipinski definition) is 2. The lowest BCUT2D eigenvalue weighted by Gasteiger charge is -2.11. The van der Waals surface area contributed by atoms with Crippen molar-refractivity contribution in [2.45, 2.75) is 12.8 Å². The minimum Gasteiger partial charge on any atom is -0.384 e. The quantitative estimate of drug-likeness (QED) is 0.887. The van der Waals surface area contributed by atoms with Gasteiger partial charge in [0.2, 0.25) is 5.91 Å². The van der Waals surface area contributed by atoms with Gasteiger partial charge in [-0.2, -0.15) is 0 Å². The zero-order chi connectivity index (χ0) is 14.1. The van der Waals surface area contributed by atoms with Crippen LogP contribution < -0.4 is 10.6 Å². The van der Waals surface area contributed by atoms with Crippen molar-refractivity contribution in [2.24, 2.45) is 0 Å². The minimum absolute atomic E-state index is 0.0309. The summed E-state index contributed by atoms with van der Waals surface area (Å²) in [6.45, 7) is 2.52. The van der Waals surface area contributed by atoms with Gasteiger partial charge in [0.15, 0.2) is 0 Å². The number of carbonyl (C=O) groups is 1. The first-order chi connectivity index (χ1) is 9.65. The highest BCUT2D eigenvalue weighted by Gasteiger charge is 2.28. The van der Waals surface area contributed by atoms with Crippen molar-refractivity contribution >= 4 is 33.3 Å². The van der Waals surface area contributed by atoms with Gasteiger partial charge in [0.1, 0.15) is 5.82 Å². The molecule has 1 amide bonds. The molecule has 1 atom stereocenters. The van der Waals surface area contributed by atoms with Gasteiger partial charge in [-0.25, -0.2) is 4.98 Å². The molecule has 3 rings (SSSR count). The van der Waals surface area contributed by atoms with Crippen LogP contribution in [0.25, 0.3) is 0 Å². The predicted octanol–water partition coefficient (Wildman–Crippen LogP) is 3.30. The standard InChI is InChI=1S/C15H14BrN3O/c1-9-12(16)6-7-14(18-9)19-15(20)11-8-17-13-5-3-2-4-10(11)13/h2-7,11,17H,8H2,1H3,(H,18,19,20). The summed E-state index contributed by atoms with van der Waals surface area (Å²) in [6.07, 6.45) is 0. The summed E-state index contributed by atoms with van der Waals surface area (Å²) >= 11 is 3.40. The van der Waals surface area contributed by atoms with Crippen LogP contribution in [0.15, 0.2) is 40.9 Å². The highest BCUT2D eigenvalue weighted by atomic mass is 79.9. The number of para-hydroxylation sites is 1. The number of benzene rings is 1. The number of anilines is 2. The Morgan fingerprint density at radius 2 is 2.15 bits per heavy atom. The van der Waals surface area contributed by atoms with E-state index in [-0.39, 0.29) is 11.8 Å². The molecule has 0 spiro atoms. The van der Waals surface area contributed by atoms with E-state index in [0.717, 1.165) is 21.4 Å². The first-order valence-electron chi connectivity index (χ1n) is 6.42. The molecule has 0 saturated heterocycles. The lowest BCUT2D eigenvalue weighted by molar-refractivity contribution is -0.117. The third-order valence-corrected chi connectivity index (χ3v) is 4.26. The Morgan fingerprint density at radius 3 is 2.95 bits per heavy atom. The van der Waals surface area contributed by atoms with Crippen molar-refractivity contribution < 1.29 is 4.79 Å². The van der Waals surface area contributed by atoms with Crippen LogP contribution in [0.4, 0.5) is 11.5 Å². The van der Waals surface area contributed by atoms with Crippen LogP contribution in [-0.4, -0.2) is 17.4 Å². The Kier molecular flexibility index (Phi) is 3.44. The summed E-state index contributed by atoms with van der Waals surface area (Å²) in [5, 5.41) is 6.13. The van der Waals surface area contributed by atoms with Gasteiger partial charge in [0.05, 0.1) is 11.6 Å². The second-order valence-corrected chi connectivity index (χ2v) is 5.63. The molecule has 102 valence electrons. The van der Waals surface area contributed by atoms with E-state index in [1.54, 1.807) is 6.07 Å². The molecule has 0 fully saturated rings. The molecule has 5 heteroatoms. The number of aryl methyl sites for hydroxylation is 1. The summed E-state index contributed by atoms with van der Waals surface area (Å²) < 4.78 is 0.934. The molecular weight excluding hydrogens is 318 g/mol. The van der Waals surface area contributed by atoms with Crippen LogP contribution >= 0.6 is 15.9 Å². The smallest absolute Gasteiger partial charge is 0.234 e. The number of carbonyl (C=O) groups excluding carboxylic acids is 1. The van der Waals surface area contributed by atoms with Gasteiger partial charge in [-0.05, 0) is 46.6 Å². The first kappa shape index (κ1) is 13.1. The fourth-order valence-electron chi connectivity index (χ4n) is 2.34. The van der Waals surface area contributed by atoms with E-state index in [1.165, 1.54) is 0 Å². The predicted molar refractivity (Wildman–Crippen MR) is 83.0 cm³/mol. The van der Waals surface area contributed by atoms with Crippen LogP contribution in [0.2, 0.25) is 0 Å². The van der Waals surface area contributed by atoms with Gasteiger partial charge in [0.25, 0.3) is 0 Å². The third-order valence-electron chi connectivity index (χ3n) is 3.42. The van der Waals surface area contributed by atoms with E-state index in [2.05, 4.69) is 31.5 Å². The highest BCUT2D eigenvalue weighted by Crippen LogP contribution is 2.31. The van der Waals surface area contributed by atoms with Gasteiger partial charge in [-0.15, -0.1) is 0 Å². The lowest BCUT2D eigenvalue weighted by Crippen LogP contribution is -2.23. The maximum absolute atomic E-state index is 12.4. The maximum atomic E-state index is 12.4. The van der Waals surface area contributed by atoms with Crippen LogP contribution in [0.1, 0.15) is 17.2 Å². The molecule has 1 aliphatic heterocycles. The summed E-state index contributed by atoms with van der Waals surface area (Å²) in [7, 11) is 0. The van der Waals surface area contributed by atoms with Crippen molar-refractivity contribution in [1.29, 1.82) is 0 Å². The summed E-state index contributed by atoms with van der Waals surface area (Å²) in [6, 6.07) is 11.6. The molecule has 0 radical (unpaired) electrons. The molecule has 0 saturated carbocycles. The molecule has 1 unspecified atom stereocenters. The molecule has 1 aliphatic rings. The maximum Gasteiger partial charge on any atom is 0.234 e. The largest absolute Gasteiger partial charge is 0.384 e. The number of nitrogens with zero attached hydrogens (tertiary/aromatic N) is 1. The summed E-state index contributed by atoms with van der Waals surface area (Å²) in [5.74, 6) is 0.383. The Bertz CT molecular complexity index is 672. The van der Waals surface area contributed by atoms with Crippen molar-refractivity contribution in [1.82, 2.24) is 4.98 Å². The van der Waals surface area contributed by atoms with E-state index < -0.39 is 0 Å². The average molecular weight is 332 g/mol. The number of rotatable bonds is 2. The van der Waals surface area contributed by atoms with Crippen LogP contribution in [0, 0.1) is 6.92 Å². The van der Waals surface area contributed by atoms with Crippen molar-refractivity contribution in [3.8, 4) is 0 Å². The fourth-order valence-corrected chi connectivity index (χ4v) is 2.57. The van der Waals surface area contributed by atoms with Crippen molar-refractivity contribution in [3.05, 3.63) is 52.1 Å². The van der Waals surface area contributed by atoms with E-state index in [0.29, 0.717) is 12.4 Å². The Balaban J connectivity index is 1.79. The summed E-state index contributed by atoms with van der Waals surface area (Å²) in [4.78, 5) is 16.7. The SMILES string of the molecule is Cc1nc(NC(=O)C2CNc3ccccc32)ccc1Br. The first-order valence-corrected chi connectivity index (χ1v) is 7.21. The molecule has 4 nitrogen and oxygen atoms in total. The molecule has 20 heavy (non-hydrogen) atoms. The Labute approximate surface area is 125 Å². The van der Waals surface area contributed by atoms with E-state index in [9.17, 15) is 4.79 Å². The van der Waals surface area contributed by atoms with Crippen molar-refractivity contribution in [3.63, 3.8) is 0 Å². The van der Waals surface area contributed by atoms with Crippen LogP contribution in [-0.2, 0) is 4.79 Å². The fraction of sp³-hybridized carbons (Fsp3) is 0.200. The topological polar surface area (TPSA) is 54.0 Å². The monoisotopic (exact) mass is 331 g/mol. The number of hydrogen-bond acceptors (Lipinski definition) is 3. The molecule has 2 heterocycles. The van der Waals surface area contributed by atoms with Crippen molar-refractivity contribution in [2.75, 3.05) is 17.2 Å². The van der Waals surface area contributed by atoms with Gasteiger partial charge >= 0.3 is 0 Å². The van der Waals surface area contributed by atoms with E-state index in [1.807, 2.05) is 37.3 Å². The van der Waals surface area contributed by atoms with Crippen LogP contribution in [0.3, 0.4) is 0 Å². The summed E-state index contributed by atoms with van der Waals surface area (Å²) in [5.41, 5.74) is 2.93. The number of amides is 1. The van der Waals surface area contributed by atoms with E-state index >= 15 is 0 Å². The van der Waals surface area contributed by atoms with Gasteiger partial charge < -0.3 is 10.6 Å². The molecule has 1 aromatic heterocycles. The molecule has 1 aromatic carbocycles. The molecule has 2 aromatic rings. The van der Waals surface area contributed by atoms with Gasteiger partial charge in [-0.1, -0.05) is 18.2 Å². The number of fused-ring (bicyclic) bond motifs is 1. The number of halogens is 1. The molecule has 2 N–H and O–H groups in total. The third kappa shape index (κ3) is 2.41. The molecule has 0 bridgehead atoms. The number of pyridine rings is 1. The van der Waals surface area contributed by atoms with Gasteiger partial charge in [-0.3, -0.25) is 4.79 Å². The van der Waals surface area contributed by atoms with Crippen LogP contribution in [0.5, 0.6) is 0 Å². The Hall–Kier alpha value is -1.88. The zero-order valence-corrected chi connectivity index (χ0v) is 12.6. The second-order valence-electron chi connectivity index (χ2n) is 4.77. The second kappa shape index (κ2) is 5.25. The van der Waals surface area contributed by atoms with E-state index in [4.69, 9.17) is 0 Å². The average Bonchev–Trinajstić information content (AvgIpc) is 2.87. The molecule has 0 aliphatic carbocycles. The highest BCUT2D eigenvalue weighted by molar-refractivity contribution is 9.10. The lowest BCUT2D eigenvalue weighted by atomic mass is 10.0. The number of nitrogens with one attached hydrogen (secondary N) is 2. The zero-order valence-electron chi connectivity index (χ0n) is 11.0. The Morgan fingerprint density at radius 1 is 1.35 bits per heavy atom.